The molecule has 3 rings (SSSR count). The molecule has 1 heterocycles. The van der Waals surface area contributed by atoms with Crippen molar-refractivity contribution in [3.05, 3.63) is 78.3 Å². The zero-order valence-electron chi connectivity index (χ0n) is 20.1. The number of hydrogen-bond acceptors (Lipinski definition) is 6. The molecule has 0 spiro atoms. The van der Waals surface area contributed by atoms with Crippen molar-refractivity contribution in [2.24, 2.45) is 0 Å². The predicted octanol–water partition coefficient (Wildman–Crippen LogP) is 4.52. The van der Waals surface area contributed by atoms with Crippen LogP contribution in [0.2, 0.25) is 0 Å². The lowest BCUT2D eigenvalue weighted by Crippen LogP contribution is -2.47. The van der Waals surface area contributed by atoms with E-state index in [4.69, 9.17) is 8.60 Å². The quantitative estimate of drug-likeness (QED) is 0.440. The third kappa shape index (κ3) is 7.61. The van der Waals surface area contributed by atoms with Crippen LogP contribution in [0.25, 0.3) is 0 Å². The van der Waals surface area contributed by atoms with Crippen LogP contribution in [0.1, 0.15) is 39.0 Å². The zero-order valence-corrected chi connectivity index (χ0v) is 20.9. The summed E-state index contributed by atoms with van der Waals surface area (Å²) in [6.07, 6.45) is 1.52. The van der Waals surface area contributed by atoms with Crippen LogP contribution < -0.4 is 14.8 Å². The van der Waals surface area contributed by atoms with Crippen molar-refractivity contribution in [1.29, 1.82) is 0 Å². The standard InChI is InChI=1S/C25H29N3O6S/c1-18(29)26-20-11-13-22(14-12-20)35(31,32)34-23-10-6-5-8-19(23)16-28(17-21-9-7-15-33-21)24(30)27-25(2,3)4/h5-15H,16-17H2,1-4H3,(H,26,29)(H,27,30). The Kier molecular flexibility index (Phi) is 7.85. The summed E-state index contributed by atoms with van der Waals surface area (Å²) in [4.78, 5) is 25.6. The van der Waals surface area contributed by atoms with Gasteiger partial charge in [-0.2, -0.15) is 8.42 Å². The van der Waals surface area contributed by atoms with Crippen molar-refractivity contribution < 1.29 is 26.6 Å². The van der Waals surface area contributed by atoms with Crippen LogP contribution in [0.5, 0.6) is 5.75 Å². The maximum Gasteiger partial charge on any atom is 0.339 e. The lowest BCUT2D eigenvalue weighted by atomic mass is 10.1. The molecule has 0 bridgehead atoms. The van der Waals surface area contributed by atoms with Crippen LogP contribution in [-0.4, -0.2) is 30.8 Å². The topological polar surface area (TPSA) is 118 Å². The summed E-state index contributed by atoms with van der Waals surface area (Å²) < 4.78 is 36.7. The number of urea groups is 1. The molecule has 0 aliphatic heterocycles. The van der Waals surface area contributed by atoms with Gasteiger partial charge in [0.25, 0.3) is 0 Å². The molecule has 9 nitrogen and oxygen atoms in total. The van der Waals surface area contributed by atoms with Gasteiger partial charge in [0.05, 0.1) is 19.4 Å². The van der Waals surface area contributed by atoms with Gasteiger partial charge >= 0.3 is 16.1 Å². The predicted molar refractivity (Wildman–Crippen MR) is 131 cm³/mol. The van der Waals surface area contributed by atoms with E-state index >= 15 is 0 Å². The molecule has 0 saturated carbocycles. The smallest absolute Gasteiger partial charge is 0.339 e. The van der Waals surface area contributed by atoms with Crippen molar-refractivity contribution in [3.8, 4) is 5.75 Å². The number of carbonyl (C=O) groups is 2. The first-order valence-corrected chi connectivity index (χ1v) is 12.3. The van der Waals surface area contributed by atoms with Gasteiger partial charge in [-0.1, -0.05) is 18.2 Å². The first-order chi connectivity index (χ1) is 16.4. The number of amides is 3. The van der Waals surface area contributed by atoms with Crippen LogP contribution in [0.4, 0.5) is 10.5 Å². The Bertz CT molecular complexity index is 1260. The van der Waals surface area contributed by atoms with Crippen LogP contribution in [0.3, 0.4) is 0 Å². The monoisotopic (exact) mass is 499 g/mol. The Balaban J connectivity index is 1.84. The Hall–Kier alpha value is -3.79. The van der Waals surface area contributed by atoms with Crippen molar-refractivity contribution >= 4 is 27.7 Å². The molecular weight excluding hydrogens is 470 g/mol. The van der Waals surface area contributed by atoms with E-state index in [1.165, 1.54) is 48.4 Å². The number of nitrogens with one attached hydrogen (secondary N) is 2. The molecule has 0 aliphatic carbocycles. The van der Waals surface area contributed by atoms with E-state index in [1.807, 2.05) is 20.8 Å². The van der Waals surface area contributed by atoms with Crippen molar-refractivity contribution in [2.75, 3.05) is 5.32 Å². The van der Waals surface area contributed by atoms with Crippen molar-refractivity contribution in [3.63, 3.8) is 0 Å². The fraction of sp³-hybridized carbons (Fsp3) is 0.280. The Morgan fingerprint density at radius 3 is 2.26 bits per heavy atom. The summed E-state index contributed by atoms with van der Waals surface area (Å²) in [5.41, 5.74) is 0.498. The van der Waals surface area contributed by atoms with E-state index in [2.05, 4.69) is 10.6 Å². The summed E-state index contributed by atoms with van der Waals surface area (Å²) in [7, 11) is -4.17. The molecule has 0 saturated heterocycles. The summed E-state index contributed by atoms with van der Waals surface area (Å²) >= 11 is 0. The maximum absolute atomic E-state index is 13.0. The highest BCUT2D eigenvalue weighted by Gasteiger charge is 2.24. The normalized spacial score (nSPS) is 11.5. The van der Waals surface area contributed by atoms with E-state index in [9.17, 15) is 18.0 Å². The minimum Gasteiger partial charge on any atom is -0.467 e. The summed E-state index contributed by atoms with van der Waals surface area (Å²) in [6, 6.07) is 15.4. The number of nitrogens with zero attached hydrogens (tertiary/aromatic N) is 1. The van der Waals surface area contributed by atoms with Gasteiger partial charge in [-0.05, 0) is 63.2 Å². The third-order valence-electron chi connectivity index (χ3n) is 4.69. The molecule has 10 heteroatoms. The average Bonchev–Trinajstić information content (AvgIpc) is 3.26. The van der Waals surface area contributed by atoms with E-state index in [1.54, 1.807) is 30.3 Å². The molecule has 0 fully saturated rings. The van der Waals surface area contributed by atoms with Crippen molar-refractivity contribution in [2.45, 2.75) is 51.2 Å². The number of hydrogen-bond donors (Lipinski definition) is 2. The largest absolute Gasteiger partial charge is 0.467 e. The minimum atomic E-state index is -4.17. The number of para-hydroxylation sites is 1. The Morgan fingerprint density at radius 1 is 0.971 bits per heavy atom. The fourth-order valence-corrected chi connectivity index (χ4v) is 4.15. The lowest BCUT2D eigenvalue weighted by Gasteiger charge is -2.28. The second-order valence-corrected chi connectivity index (χ2v) is 10.5. The van der Waals surface area contributed by atoms with Gasteiger partial charge in [0.15, 0.2) is 0 Å². The summed E-state index contributed by atoms with van der Waals surface area (Å²) in [5, 5.41) is 5.50. The van der Waals surface area contributed by atoms with Gasteiger partial charge in [-0.25, -0.2) is 4.79 Å². The van der Waals surface area contributed by atoms with Gasteiger partial charge in [0.2, 0.25) is 5.91 Å². The molecule has 3 amide bonds. The molecule has 0 unspecified atom stereocenters. The summed E-state index contributed by atoms with van der Waals surface area (Å²) in [5.74, 6) is 0.422. The molecule has 3 aromatic rings. The van der Waals surface area contributed by atoms with Crippen LogP contribution in [-0.2, 0) is 28.0 Å². The molecule has 2 N–H and O–H groups in total. The summed E-state index contributed by atoms with van der Waals surface area (Å²) in [6.45, 7) is 7.24. The number of furan rings is 1. The number of carbonyl (C=O) groups excluding carboxylic acids is 2. The molecular formula is C25H29N3O6S. The molecule has 35 heavy (non-hydrogen) atoms. The first-order valence-electron chi connectivity index (χ1n) is 10.9. The van der Waals surface area contributed by atoms with Gasteiger partial charge in [0, 0.05) is 23.7 Å². The fourth-order valence-electron chi connectivity index (χ4n) is 3.19. The van der Waals surface area contributed by atoms with E-state index in [0.29, 0.717) is 17.0 Å². The second kappa shape index (κ2) is 10.6. The van der Waals surface area contributed by atoms with Gasteiger partial charge in [-0.3, -0.25) is 4.79 Å². The zero-order chi connectivity index (χ0) is 25.6. The van der Waals surface area contributed by atoms with Crippen LogP contribution in [0, 0.1) is 0 Å². The van der Waals surface area contributed by atoms with Crippen LogP contribution in [0.15, 0.2) is 76.2 Å². The number of benzene rings is 2. The third-order valence-corrected chi connectivity index (χ3v) is 5.94. The highest BCUT2D eigenvalue weighted by molar-refractivity contribution is 7.87. The van der Waals surface area contributed by atoms with E-state index < -0.39 is 15.7 Å². The van der Waals surface area contributed by atoms with Gasteiger partial charge < -0.3 is 24.1 Å². The first kappa shape index (κ1) is 25.8. The lowest BCUT2D eigenvalue weighted by molar-refractivity contribution is -0.114. The van der Waals surface area contributed by atoms with E-state index in [0.717, 1.165) is 0 Å². The Labute approximate surface area is 205 Å². The van der Waals surface area contributed by atoms with E-state index in [-0.39, 0.29) is 35.7 Å². The molecule has 0 aliphatic rings. The average molecular weight is 500 g/mol. The number of rotatable bonds is 8. The Morgan fingerprint density at radius 2 is 1.66 bits per heavy atom. The molecule has 2 aromatic carbocycles. The molecule has 0 atom stereocenters. The highest BCUT2D eigenvalue weighted by atomic mass is 32.2. The molecule has 186 valence electrons. The van der Waals surface area contributed by atoms with Gasteiger partial charge in [-0.15, -0.1) is 0 Å². The SMILES string of the molecule is CC(=O)Nc1ccc(S(=O)(=O)Oc2ccccc2CN(Cc2ccco2)C(=O)NC(C)(C)C)cc1. The highest BCUT2D eigenvalue weighted by Crippen LogP contribution is 2.26. The molecule has 0 radical (unpaired) electrons. The second-order valence-electron chi connectivity index (χ2n) is 8.97. The minimum absolute atomic E-state index is 0.0701. The molecule has 1 aromatic heterocycles. The maximum atomic E-state index is 13.0. The number of anilines is 1. The van der Waals surface area contributed by atoms with Crippen molar-refractivity contribution in [1.82, 2.24) is 10.2 Å². The van der Waals surface area contributed by atoms with Gasteiger partial charge in [0.1, 0.15) is 16.4 Å². The van der Waals surface area contributed by atoms with Crippen LogP contribution >= 0.6 is 0 Å².